The van der Waals surface area contributed by atoms with Crippen LogP contribution in [0.3, 0.4) is 0 Å². The Kier molecular flexibility index (Phi) is 9.78. The molecule has 14 heteroatoms. The lowest BCUT2D eigenvalue weighted by Gasteiger charge is -2.44. The summed E-state index contributed by atoms with van der Waals surface area (Å²) in [4.78, 5) is 33.4. The number of pyridine rings is 2. The number of nitrogens with one attached hydrogen (secondary N) is 1. The van der Waals surface area contributed by atoms with E-state index in [9.17, 15) is 27.2 Å². The number of carbonyl (C=O) groups excluding carboxylic acids is 1. The minimum atomic E-state index is -4.90. The highest BCUT2D eigenvalue weighted by molar-refractivity contribution is 6.76. The number of halogens is 5. The fraction of sp³-hybridized carbons (Fsp3) is 0.452. The van der Waals surface area contributed by atoms with E-state index in [-0.39, 0.29) is 47.1 Å². The number of ether oxygens (including phenoxy) is 1. The Bertz CT molecular complexity index is 1600. The molecular weight excluding hydrogens is 613 g/mol. The predicted octanol–water partition coefficient (Wildman–Crippen LogP) is 6.24. The number of aromatic nitrogens is 2. The molecule has 8 nitrogen and oxygen atoms in total. The van der Waals surface area contributed by atoms with E-state index in [0.717, 1.165) is 22.9 Å². The van der Waals surface area contributed by atoms with Gasteiger partial charge in [-0.1, -0.05) is 19.6 Å². The average molecular weight is 652 g/mol. The van der Waals surface area contributed by atoms with Gasteiger partial charge in [0.15, 0.2) is 5.82 Å². The average Bonchev–Trinajstić information content (AvgIpc) is 2.93. The van der Waals surface area contributed by atoms with Crippen LogP contribution in [0.2, 0.25) is 25.7 Å². The molecule has 0 unspecified atom stereocenters. The summed E-state index contributed by atoms with van der Waals surface area (Å²) in [6, 6.07) is 4.75. The third kappa shape index (κ3) is 7.90. The summed E-state index contributed by atoms with van der Waals surface area (Å²) >= 11 is 0. The van der Waals surface area contributed by atoms with E-state index in [0.29, 0.717) is 25.2 Å². The van der Waals surface area contributed by atoms with E-state index in [2.05, 4.69) is 34.8 Å². The van der Waals surface area contributed by atoms with Crippen LogP contribution < -0.4 is 20.5 Å². The number of likely N-dealkylation sites (N-methyl/N-ethyl adjacent to an activating group) is 1. The highest BCUT2D eigenvalue weighted by Crippen LogP contribution is 2.38. The van der Waals surface area contributed by atoms with Gasteiger partial charge in [0.05, 0.1) is 29.1 Å². The van der Waals surface area contributed by atoms with Crippen LogP contribution in [0.15, 0.2) is 41.5 Å². The van der Waals surface area contributed by atoms with Crippen molar-refractivity contribution in [3.63, 3.8) is 0 Å². The van der Waals surface area contributed by atoms with Gasteiger partial charge in [0, 0.05) is 69.9 Å². The second-order valence-corrected chi connectivity index (χ2v) is 18.4. The predicted molar refractivity (Wildman–Crippen MR) is 167 cm³/mol. The number of benzene rings is 1. The van der Waals surface area contributed by atoms with Gasteiger partial charge < -0.3 is 19.5 Å². The lowest BCUT2D eigenvalue weighted by atomic mass is 10.0. The molecule has 2 aromatic heterocycles. The van der Waals surface area contributed by atoms with Crippen molar-refractivity contribution in [1.82, 2.24) is 14.5 Å². The molecule has 0 spiro atoms. The van der Waals surface area contributed by atoms with E-state index in [4.69, 9.17) is 4.74 Å². The minimum absolute atomic E-state index is 0.00623. The SMILES string of the molecule is C[C@@H]1CN(c2cc(F)c(-c3cc(F)c(=O)n(C)c3)cc2NC(=O)c2cnc(OCC[Si](C)(C)C)cc2C(F)(F)F)C[C@H](C)N1C. The number of anilines is 2. The van der Waals surface area contributed by atoms with Gasteiger partial charge in [-0.25, -0.2) is 13.8 Å². The van der Waals surface area contributed by atoms with Gasteiger partial charge in [-0.3, -0.25) is 14.5 Å². The number of alkyl halides is 3. The van der Waals surface area contributed by atoms with Gasteiger partial charge in [0.2, 0.25) is 5.88 Å². The van der Waals surface area contributed by atoms with Gasteiger partial charge in [-0.05, 0) is 45.1 Å². The molecular formula is C31H38F5N5O3Si. The maximum absolute atomic E-state index is 15.7. The van der Waals surface area contributed by atoms with E-state index in [1.165, 1.54) is 19.3 Å². The molecule has 1 aliphatic heterocycles. The molecule has 1 saturated heterocycles. The molecule has 0 aliphatic carbocycles. The Morgan fingerprint density at radius 1 is 1.04 bits per heavy atom. The molecule has 1 aliphatic rings. The number of nitrogens with zero attached hydrogens (tertiary/aromatic N) is 4. The molecule has 0 radical (unpaired) electrons. The summed E-state index contributed by atoms with van der Waals surface area (Å²) in [6.45, 7) is 11.3. The van der Waals surface area contributed by atoms with Crippen molar-refractivity contribution in [2.75, 3.05) is 37.0 Å². The van der Waals surface area contributed by atoms with Crippen LogP contribution in [0.1, 0.15) is 29.8 Å². The first-order valence-electron chi connectivity index (χ1n) is 14.5. The summed E-state index contributed by atoms with van der Waals surface area (Å²) in [5.74, 6) is -3.25. The van der Waals surface area contributed by atoms with Crippen molar-refractivity contribution >= 4 is 25.4 Å². The summed E-state index contributed by atoms with van der Waals surface area (Å²) in [6.07, 6.45) is -2.85. The maximum Gasteiger partial charge on any atom is 0.417 e. The monoisotopic (exact) mass is 651 g/mol. The van der Waals surface area contributed by atoms with Crippen molar-refractivity contribution in [3.05, 3.63) is 69.8 Å². The number of hydrogen-bond donors (Lipinski definition) is 1. The zero-order valence-corrected chi connectivity index (χ0v) is 27.4. The molecule has 1 fully saturated rings. The zero-order valence-electron chi connectivity index (χ0n) is 26.4. The number of hydrogen-bond acceptors (Lipinski definition) is 6. The fourth-order valence-electron chi connectivity index (χ4n) is 5.15. The van der Waals surface area contributed by atoms with E-state index >= 15 is 4.39 Å². The normalized spacial score (nSPS) is 17.8. The molecule has 45 heavy (non-hydrogen) atoms. The topological polar surface area (TPSA) is 79.7 Å². The quantitative estimate of drug-likeness (QED) is 0.230. The Balaban J connectivity index is 1.78. The molecule has 4 rings (SSSR count). The number of carbonyl (C=O) groups is 1. The molecule has 1 N–H and O–H groups in total. The number of amides is 1. The van der Waals surface area contributed by atoms with Crippen molar-refractivity contribution in [3.8, 4) is 17.0 Å². The van der Waals surface area contributed by atoms with E-state index < -0.39 is 48.5 Å². The second kappa shape index (κ2) is 12.9. The Morgan fingerprint density at radius 2 is 1.69 bits per heavy atom. The summed E-state index contributed by atoms with van der Waals surface area (Å²) in [7, 11) is 1.74. The first kappa shape index (κ1) is 34.1. The summed E-state index contributed by atoms with van der Waals surface area (Å²) < 4.78 is 79.1. The third-order valence-electron chi connectivity index (χ3n) is 8.02. The van der Waals surface area contributed by atoms with Gasteiger partial charge >= 0.3 is 6.18 Å². The van der Waals surface area contributed by atoms with Crippen LogP contribution >= 0.6 is 0 Å². The molecule has 3 heterocycles. The van der Waals surface area contributed by atoms with Gasteiger partial charge in [-0.15, -0.1) is 0 Å². The van der Waals surface area contributed by atoms with Crippen LogP contribution in [0.25, 0.3) is 11.1 Å². The lowest BCUT2D eigenvalue weighted by molar-refractivity contribution is -0.138. The first-order valence-corrected chi connectivity index (χ1v) is 18.2. The third-order valence-corrected chi connectivity index (χ3v) is 9.72. The Hall–Kier alpha value is -3.78. The zero-order chi connectivity index (χ0) is 33.4. The Labute approximate surface area is 259 Å². The fourth-order valence-corrected chi connectivity index (χ4v) is 5.86. The molecule has 1 aromatic carbocycles. The summed E-state index contributed by atoms with van der Waals surface area (Å²) in [5.41, 5.74) is -2.78. The molecule has 2 atom stereocenters. The Morgan fingerprint density at radius 3 is 2.27 bits per heavy atom. The van der Waals surface area contributed by atoms with Crippen LogP contribution in [0.5, 0.6) is 5.88 Å². The van der Waals surface area contributed by atoms with Crippen LogP contribution in [-0.4, -0.2) is 67.3 Å². The van der Waals surface area contributed by atoms with Crippen LogP contribution in [-0.2, 0) is 13.2 Å². The van der Waals surface area contributed by atoms with Gasteiger partial charge in [-0.2, -0.15) is 13.2 Å². The maximum atomic E-state index is 15.7. The van der Waals surface area contributed by atoms with Gasteiger partial charge in [0.25, 0.3) is 11.5 Å². The molecule has 0 saturated carbocycles. The van der Waals surface area contributed by atoms with Crippen molar-refractivity contribution in [2.24, 2.45) is 7.05 Å². The van der Waals surface area contributed by atoms with Crippen LogP contribution in [0, 0.1) is 11.6 Å². The molecule has 244 valence electrons. The number of piperazine rings is 1. The number of rotatable bonds is 8. The number of aryl methyl sites for hydroxylation is 1. The van der Waals surface area contributed by atoms with Crippen molar-refractivity contribution in [1.29, 1.82) is 0 Å². The summed E-state index contributed by atoms with van der Waals surface area (Å²) in [5, 5.41) is 2.54. The lowest BCUT2D eigenvalue weighted by Crippen LogP contribution is -2.55. The highest BCUT2D eigenvalue weighted by Gasteiger charge is 2.37. The largest absolute Gasteiger partial charge is 0.478 e. The minimum Gasteiger partial charge on any atom is -0.478 e. The second-order valence-electron chi connectivity index (χ2n) is 12.8. The smallest absolute Gasteiger partial charge is 0.417 e. The van der Waals surface area contributed by atoms with Gasteiger partial charge in [0.1, 0.15) is 5.82 Å². The molecule has 1 amide bonds. The van der Waals surface area contributed by atoms with Crippen molar-refractivity contribution in [2.45, 2.75) is 57.8 Å². The molecule has 3 aromatic rings. The van der Waals surface area contributed by atoms with Crippen LogP contribution in [0.4, 0.5) is 33.3 Å². The van der Waals surface area contributed by atoms with E-state index in [1.807, 2.05) is 25.8 Å². The molecule has 0 bridgehead atoms. The standard InChI is InChI=1S/C31H38F5N5O3Si/c1-18-15-41(16-19(2)40(18)4)27-13-24(32)21(20-10-25(33)30(43)39(3)17-20)11-26(27)38-29(42)22-14-37-28(12-23(22)31(34,35)36)44-8-9-45(5,6)7/h10-14,17-19H,8-9,15-16H2,1-7H3,(H,38,42)/t18-,19+. The first-order chi connectivity index (χ1) is 20.9. The highest BCUT2D eigenvalue weighted by atomic mass is 28.3. The van der Waals surface area contributed by atoms with Crippen molar-refractivity contribution < 1.29 is 31.5 Å². The van der Waals surface area contributed by atoms with E-state index in [1.54, 1.807) is 0 Å².